The number of amides is 1. The third-order valence-corrected chi connectivity index (χ3v) is 3.66. The molecule has 104 valence electrons. The summed E-state index contributed by atoms with van der Waals surface area (Å²) in [6.07, 6.45) is 3.31. The zero-order valence-corrected chi connectivity index (χ0v) is 11.9. The number of carbonyl (C=O) groups is 1. The molecule has 1 saturated heterocycles. The molecular formula is C12H18ClN5O. The fraction of sp³-hybridized carbons (Fsp3) is 0.583. The molecule has 0 saturated carbocycles. The molecule has 1 amide bonds. The molecule has 0 radical (unpaired) electrons. The quantitative estimate of drug-likeness (QED) is 0.814. The van der Waals surface area contributed by atoms with Gasteiger partial charge in [-0.1, -0.05) is 11.6 Å². The van der Waals surface area contributed by atoms with Gasteiger partial charge in [-0.05, 0) is 12.8 Å². The molecule has 0 aliphatic carbocycles. The van der Waals surface area contributed by atoms with Gasteiger partial charge < -0.3 is 15.5 Å². The van der Waals surface area contributed by atoms with E-state index in [1.165, 1.54) is 6.33 Å². The summed E-state index contributed by atoms with van der Waals surface area (Å²) >= 11 is 6.06. The van der Waals surface area contributed by atoms with E-state index in [-0.39, 0.29) is 11.8 Å². The standard InChI is InChI=1S/C12H18ClN5O/c1-14-9-10(13)16-7-17-11(9)18-5-3-4-8(6-18)12(19)15-2/h7-8,14H,3-6H2,1-2H3,(H,15,19). The molecule has 0 aromatic carbocycles. The van der Waals surface area contributed by atoms with Crippen LogP contribution in [-0.4, -0.2) is 43.1 Å². The van der Waals surface area contributed by atoms with Gasteiger partial charge in [-0.25, -0.2) is 9.97 Å². The van der Waals surface area contributed by atoms with E-state index in [1.807, 2.05) is 0 Å². The summed E-state index contributed by atoms with van der Waals surface area (Å²) in [4.78, 5) is 22.1. The first-order chi connectivity index (χ1) is 9.17. The van der Waals surface area contributed by atoms with E-state index < -0.39 is 0 Å². The molecule has 7 heteroatoms. The first-order valence-electron chi connectivity index (χ1n) is 6.32. The number of rotatable bonds is 3. The number of aromatic nitrogens is 2. The number of hydrogen-bond donors (Lipinski definition) is 2. The lowest BCUT2D eigenvalue weighted by Gasteiger charge is -2.33. The number of piperidine rings is 1. The fourth-order valence-corrected chi connectivity index (χ4v) is 2.62. The number of halogens is 1. The third-order valence-electron chi connectivity index (χ3n) is 3.37. The lowest BCUT2D eigenvalue weighted by molar-refractivity contribution is -0.124. The van der Waals surface area contributed by atoms with E-state index in [2.05, 4.69) is 25.5 Å². The molecule has 1 fully saturated rings. The predicted molar refractivity (Wildman–Crippen MR) is 75.6 cm³/mol. The molecule has 1 atom stereocenters. The molecule has 1 aromatic rings. The van der Waals surface area contributed by atoms with Crippen molar-refractivity contribution in [2.75, 3.05) is 37.4 Å². The summed E-state index contributed by atoms with van der Waals surface area (Å²) in [6.45, 7) is 1.53. The van der Waals surface area contributed by atoms with Crippen LogP contribution in [0.15, 0.2) is 6.33 Å². The molecular weight excluding hydrogens is 266 g/mol. The highest BCUT2D eigenvalue weighted by atomic mass is 35.5. The van der Waals surface area contributed by atoms with Crippen molar-refractivity contribution in [3.8, 4) is 0 Å². The van der Waals surface area contributed by atoms with Gasteiger partial charge in [-0.3, -0.25) is 4.79 Å². The zero-order valence-electron chi connectivity index (χ0n) is 11.1. The van der Waals surface area contributed by atoms with Gasteiger partial charge in [-0.15, -0.1) is 0 Å². The van der Waals surface area contributed by atoms with Crippen LogP contribution in [0.3, 0.4) is 0 Å². The summed E-state index contributed by atoms with van der Waals surface area (Å²) < 4.78 is 0. The van der Waals surface area contributed by atoms with Crippen LogP contribution in [0.4, 0.5) is 11.5 Å². The molecule has 1 unspecified atom stereocenters. The Kier molecular flexibility index (Phi) is 4.42. The molecule has 2 N–H and O–H groups in total. The minimum absolute atomic E-state index is 0.00260. The molecule has 0 bridgehead atoms. The zero-order chi connectivity index (χ0) is 13.8. The van der Waals surface area contributed by atoms with Crippen molar-refractivity contribution in [1.82, 2.24) is 15.3 Å². The molecule has 2 rings (SSSR count). The van der Waals surface area contributed by atoms with Gasteiger partial charge in [0.1, 0.15) is 12.0 Å². The van der Waals surface area contributed by atoms with Gasteiger partial charge in [-0.2, -0.15) is 0 Å². The van der Waals surface area contributed by atoms with Crippen molar-refractivity contribution in [2.24, 2.45) is 5.92 Å². The van der Waals surface area contributed by atoms with Gasteiger partial charge >= 0.3 is 0 Å². The molecule has 1 aromatic heterocycles. The maximum absolute atomic E-state index is 11.8. The van der Waals surface area contributed by atoms with Crippen molar-refractivity contribution in [2.45, 2.75) is 12.8 Å². The van der Waals surface area contributed by atoms with E-state index >= 15 is 0 Å². The van der Waals surface area contributed by atoms with Crippen molar-refractivity contribution in [3.05, 3.63) is 11.5 Å². The van der Waals surface area contributed by atoms with Crippen LogP contribution in [0, 0.1) is 5.92 Å². The Bertz CT molecular complexity index is 467. The van der Waals surface area contributed by atoms with Crippen molar-refractivity contribution in [3.63, 3.8) is 0 Å². The molecule has 0 spiro atoms. The number of anilines is 2. The average Bonchev–Trinajstić information content (AvgIpc) is 2.46. The maximum Gasteiger partial charge on any atom is 0.224 e. The average molecular weight is 284 g/mol. The minimum atomic E-state index is -0.00260. The summed E-state index contributed by atoms with van der Waals surface area (Å²) in [5.41, 5.74) is 0.710. The Morgan fingerprint density at radius 3 is 2.95 bits per heavy atom. The van der Waals surface area contributed by atoms with Gasteiger partial charge in [0.25, 0.3) is 0 Å². The molecule has 6 nitrogen and oxygen atoms in total. The smallest absolute Gasteiger partial charge is 0.224 e. The first-order valence-corrected chi connectivity index (χ1v) is 6.70. The van der Waals surface area contributed by atoms with Crippen LogP contribution in [0.2, 0.25) is 5.15 Å². The summed E-state index contributed by atoms with van der Waals surface area (Å²) in [5, 5.41) is 6.12. The second kappa shape index (κ2) is 6.06. The van der Waals surface area contributed by atoms with Crippen LogP contribution in [0.25, 0.3) is 0 Å². The number of nitrogens with zero attached hydrogens (tertiary/aromatic N) is 3. The monoisotopic (exact) mass is 283 g/mol. The maximum atomic E-state index is 11.8. The number of carbonyl (C=O) groups excluding carboxylic acids is 1. The minimum Gasteiger partial charge on any atom is -0.383 e. The lowest BCUT2D eigenvalue weighted by Crippen LogP contribution is -2.42. The molecule has 2 heterocycles. The Hall–Kier alpha value is -1.56. The van der Waals surface area contributed by atoms with E-state index in [9.17, 15) is 4.79 Å². The summed E-state index contributed by atoms with van der Waals surface area (Å²) in [6, 6.07) is 0. The SMILES string of the molecule is CNC(=O)C1CCCN(c2ncnc(Cl)c2NC)C1. The first kappa shape index (κ1) is 13.9. The third kappa shape index (κ3) is 2.89. The Morgan fingerprint density at radius 2 is 2.26 bits per heavy atom. The highest BCUT2D eigenvalue weighted by molar-refractivity contribution is 6.32. The van der Waals surface area contributed by atoms with E-state index in [0.717, 1.165) is 25.2 Å². The van der Waals surface area contributed by atoms with Crippen LogP contribution >= 0.6 is 11.6 Å². The van der Waals surface area contributed by atoms with Gasteiger partial charge in [0, 0.05) is 27.2 Å². The lowest BCUT2D eigenvalue weighted by atomic mass is 9.97. The second-order valence-corrected chi connectivity index (χ2v) is 4.87. The largest absolute Gasteiger partial charge is 0.383 e. The Balaban J connectivity index is 2.22. The predicted octanol–water partition coefficient (Wildman–Crippen LogP) is 1.13. The normalized spacial score (nSPS) is 19.1. The van der Waals surface area contributed by atoms with E-state index in [0.29, 0.717) is 17.4 Å². The van der Waals surface area contributed by atoms with Crippen LogP contribution in [-0.2, 0) is 4.79 Å². The highest BCUT2D eigenvalue weighted by Gasteiger charge is 2.27. The second-order valence-electron chi connectivity index (χ2n) is 4.51. The van der Waals surface area contributed by atoms with Crippen LogP contribution in [0.1, 0.15) is 12.8 Å². The van der Waals surface area contributed by atoms with Crippen LogP contribution < -0.4 is 15.5 Å². The fourth-order valence-electron chi connectivity index (χ4n) is 2.40. The number of nitrogens with one attached hydrogen (secondary N) is 2. The van der Waals surface area contributed by atoms with Crippen molar-refractivity contribution >= 4 is 29.0 Å². The molecule has 1 aliphatic heterocycles. The van der Waals surface area contributed by atoms with E-state index in [1.54, 1.807) is 14.1 Å². The van der Waals surface area contributed by atoms with Crippen molar-refractivity contribution < 1.29 is 4.79 Å². The van der Waals surface area contributed by atoms with Crippen LogP contribution in [0.5, 0.6) is 0 Å². The highest BCUT2D eigenvalue weighted by Crippen LogP contribution is 2.31. The molecule has 19 heavy (non-hydrogen) atoms. The summed E-state index contributed by atoms with van der Waals surface area (Å²) in [5.74, 6) is 0.837. The molecule has 1 aliphatic rings. The number of hydrogen-bond acceptors (Lipinski definition) is 5. The Morgan fingerprint density at radius 1 is 1.47 bits per heavy atom. The van der Waals surface area contributed by atoms with Gasteiger partial charge in [0.15, 0.2) is 11.0 Å². The van der Waals surface area contributed by atoms with Crippen molar-refractivity contribution in [1.29, 1.82) is 0 Å². The van der Waals surface area contributed by atoms with E-state index in [4.69, 9.17) is 11.6 Å². The van der Waals surface area contributed by atoms with Gasteiger partial charge in [0.05, 0.1) is 5.92 Å². The summed E-state index contributed by atoms with van der Waals surface area (Å²) in [7, 11) is 3.45. The van der Waals surface area contributed by atoms with Gasteiger partial charge in [0.2, 0.25) is 5.91 Å². The Labute approximate surface area is 117 Å². The topological polar surface area (TPSA) is 70.2 Å².